The van der Waals surface area contributed by atoms with Gasteiger partial charge in [-0.2, -0.15) is 0 Å². The first-order chi connectivity index (χ1) is 8.26. The van der Waals surface area contributed by atoms with Crippen molar-refractivity contribution in [3.63, 3.8) is 0 Å². The Labute approximate surface area is 101 Å². The number of H-pyrrole nitrogens is 1. The number of fused-ring (bicyclic) bond motifs is 1. The highest BCUT2D eigenvalue weighted by molar-refractivity contribution is 7.92. The lowest BCUT2D eigenvalue weighted by atomic mass is 10.2. The minimum Gasteiger partial charge on any atom is -0.477 e. The van der Waals surface area contributed by atoms with Gasteiger partial charge in [-0.05, 0) is 18.2 Å². The SMILES string of the molecule is CS(=O)(=O)Nc1cc(F)cc2[nH]c(C(=O)O)cc12. The van der Waals surface area contributed by atoms with Crippen LogP contribution in [-0.4, -0.2) is 30.7 Å². The fourth-order valence-electron chi connectivity index (χ4n) is 1.60. The molecule has 2 rings (SSSR count). The summed E-state index contributed by atoms with van der Waals surface area (Å²) in [6.45, 7) is 0. The average Bonchev–Trinajstić information content (AvgIpc) is 2.58. The molecule has 1 heterocycles. The van der Waals surface area contributed by atoms with Gasteiger partial charge < -0.3 is 10.1 Å². The molecule has 8 heteroatoms. The van der Waals surface area contributed by atoms with Crippen LogP contribution < -0.4 is 4.72 Å². The molecule has 0 saturated heterocycles. The third-order valence-corrected chi connectivity index (χ3v) is 2.82. The summed E-state index contributed by atoms with van der Waals surface area (Å²) >= 11 is 0. The topological polar surface area (TPSA) is 99.3 Å². The van der Waals surface area contributed by atoms with E-state index in [0.717, 1.165) is 18.4 Å². The number of nitrogens with one attached hydrogen (secondary N) is 2. The van der Waals surface area contributed by atoms with E-state index in [0.29, 0.717) is 5.39 Å². The molecule has 0 radical (unpaired) electrons. The van der Waals surface area contributed by atoms with Gasteiger partial charge in [-0.1, -0.05) is 0 Å². The first-order valence-corrected chi connectivity index (χ1v) is 6.69. The number of hydrogen-bond acceptors (Lipinski definition) is 3. The summed E-state index contributed by atoms with van der Waals surface area (Å²) in [5.74, 6) is -1.88. The zero-order chi connectivity index (χ0) is 13.5. The lowest BCUT2D eigenvalue weighted by Gasteiger charge is -2.05. The highest BCUT2D eigenvalue weighted by atomic mass is 32.2. The van der Waals surface area contributed by atoms with Gasteiger partial charge in [-0.3, -0.25) is 4.72 Å². The fraction of sp³-hybridized carbons (Fsp3) is 0.100. The molecule has 6 nitrogen and oxygen atoms in total. The second-order valence-corrected chi connectivity index (χ2v) is 5.53. The summed E-state index contributed by atoms with van der Waals surface area (Å²) in [6, 6.07) is 3.32. The Kier molecular flexibility index (Phi) is 2.74. The third kappa shape index (κ3) is 2.43. The molecule has 0 spiro atoms. The molecular weight excluding hydrogens is 263 g/mol. The monoisotopic (exact) mass is 272 g/mol. The van der Waals surface area contributed by atoms with Crippen molar-refractivity contribution in [1.82, 2.24) is 4.98 Å². The van der Waals surface area contributed by atoms with Crippen molar-refractivity contribution in [1.29, 1.82) is 0 Å². The van der Waals surface area contributed by atoms with Gasteiger partial charge in [0.15, 0.2) is 0 Å². The molecule has 0 bridgehead atoms. The molecule has 0 aliphatic carbocycles. The first kappa shape index (κ1) is 12.4. The Balaban J connectivity index is 2.68. The van der Waals surface area contributed by atoms with E-state index in [1.165, 1.54) is 6.07 Å². The maximum absolute atomic E-state index is 13.3. The summed E-state index contributed by atoms with van der Waals surface area (Å²) < 4.78 is 37.7. The van der Waals surface area contributed by atoms with Crippen molar-refractivity contribution in [2.75, 3.05) is 11.0 Å². The minimum atomic E-state index is -3.57. The number of carboxylic acid groups (broad SMARTS) is 1. The molecule has 0 aliphatic heterocycles. The molecule has 1 aromatic heterocycles. The molecule has 0 unspecified atom stereocenters. The van der Waals surface area contributed by atoms with Crippen LogP contribution in [0.2, 0.25) is 0 Å². The van der Waals surface area contributed by atoms with Crippen molar-refractivity contribution in [3.05, 3.63) is 29.7 Å². The largest absolute Gasteiger partial charge is 0.477 e. The lowest BCUT2D eigenvalue weighted by molar-refractivity contribution is 0.0691. The van der Waals surface area contributed by atoms with E-state index in [9.17, 15) is 17.6 Å². The van der Waals surface area contributed by atoms with Gasteiger partial charge in [-0.25, -0.2) is 17.6 Å². The maximum atomic E-state index is 13.3. The number of carboxylic acids is 1. The summed E-state index contributed by atoms with van der Waals surface area (Å²) in [5.41, 5.74) is 0.0574. The van der Waals surface area contributed by atoms with Gasteiger partial charge in [0, 0.05) is 5.39 Å². The Morgan fingerprint density at radius 1 is 1.39 bits per heavy atom. The highest BCUT2D eigenvalue weighted by Crippen LogP contribution is 2.26. The average molecular weight is 272 g/mol. The van der Waals surface area contributed by atoms with Gasteiger partial charge in [0.05, 0.1) is 17.5 Å². The van der Waals surface area contributed by atoms with Crippen LogP contribution >= 0.6 is 0 Å². The summed E-state index contributed by atoms with van der Waals surface area (Å²) in [7, 11) is -3.57. The smallest absolute Gasteiger partial charge is 0.352 e. The zero-order valence-electron chi connectivity index (χ0n) is 9.19. The number of carbonyl (C=O) groups is 1. The number of benzene rings is 1. The van der Waals surface area contributed by atoms with E-state index in [1.807, 2.05) is 0 Å². The molecule has 2 aromatic rings. The molecule has 1 aromatic carbocycles. The number of aromatic amines is 1. The Hall–Kier alpha value is -2.09. The standard InChI is InChI=1S/C10H9FN2O4S/c1-18(16,17)13-8-3-5(11)2-7-6(8)4-9(12-7)10(14)15/h2-4,12-13H,1H3,(H,14,15). The van der Waals surface area contributed by atoms with Gasteiger partial charge in [0.25, 0.3) is 0 Å². The molecule has 96 valence electrons. The summed E-state index contributed by atoms with van der Waals surface area (Å²) in [6.07, 6.45) is 0.925. The van der Waals surface area contributed by atoms with E-state index >= 15 is 0 Å². The van der Waals surface area contributed by atoms with Crippen molar-refractivity contribution in [3.8, 4) is 0 Å². The molecule has 0 atom stereocenters. The molecule has 0 amide bonds. The predicted octanol–water partition coefficient (Wildman–Crippen LogP) is 1.38. The quantitative estimate of drug-likeness (QED) is 0.785. The number of hydrogen-bond donors (Lipinski definition) is 3. The van der Waals surface area contributed by atoms with Gasteiger partial charge >= 0.3 is 5.97 Å². The third-order valence-electron chi connectivity index (χ3n) is 2.23. The molecule has 0 fully saturated rings. The van der Waals surface area contributed by atoms with Crippen LogP contribution in [-0.2, 0) is 10.0 Å². The highest BCUT2D eigenvalue weighted by Gasteiger charge is 2.14. The fourth-order valence-corrected chi connectivity index (χ4v) is 2.17. The lowest BCUT2D eigenvalue weighted by Crippen LogP contribution is -2.09. The second-order valence-electron chi connectivity index (χ2n) is 3.78. The van der Waals surface area contributed by atoms with Crippen molar-refractivity contribution >= 4 is 32.6 Å². The second kappa shape index (κ2) is 3.98. The number of halogens is 1. The van der Waals surface area contributed by atoms with Crippen LogP contribution in [0.15, 0.2) is 18.2 Å². The predicted molar refractivity (Wildman–Crippen MR) is 63.7 cm³/mol. The van der Waals surface area contributed by atoms with Gasteiger partial charge in [0.2, 0.25) is 10.0 Å². The maximum Gasteiger partial charge on any atom is 0.352 e. The van der Waals surface area contributed by atoms with Crippen LogP contribution in [0.5, 0.6) is 0 Å². The number of rotatable bonds is 3. The summed E-state index contributed by atoms with van der Waals surface area (Å²) in [5, 5.41) is 9.11. The Bertz CT molecular complexity index is 736. The number of anilines is 1. The normalized spacial score (nSPS) is 11.7. The van der Waals surface area contributed by atoms with Crippen molar-refractivity contribution in [2.24, 2.45) is 0 Å². The number of aromatic carboxylic acids is 1. The summed E-state index contributed by atoms with van der Waals surface area (Å²) in [4.78, 5) is 13.3. The van der Waals surface area contributed by atoms with E-state index < -0.39 is 21.8 Å². The van der Waals surface area contributed by atoms with Crippen LogP contribution in [0.25, 0.3) is 10.9 Å². The van der Waals surface area contributed by atoms with Crippen molar-refractivity contribution < 1.29 is 22.7 Å². The van der Waals surface area contributed by atoms with E-state index in [4.69, 9.17) is 5.11 Å². The Morgan fingerprint density at radius 3 is 2.61 bits per heavy atom. The first-order valence-electron chi connectivity index (χ1n) is 4.79. The van der Waals surface area contributed by atoms with Crippen LogP contribution in [0.3, 0.4) is 0 Å². The molecule has 0 saturated carbocycles. The number of sulfonamides is 1. The van der Waals surface area contributed by atoms with Crippen LogP contribution in [0.4, 0.5) is 10.1 Å². The Morgan fingerprint density at radius 2 is 2.06 bits per heavy atom. The van der Waals surface area contributed by atoms with E-state index in [2.05, 4.69) is 9.71 Å². The zero-order valence-corrected chi connectivity index (χ0v) is 10.0. The van der Waals surface area contributed by atoms with Gasteiger partial charge in [-0.15, -0.1) is 0 Å². The van der Waals surface area contributed by atoms with E-state index in [-0.39, 0.29) is 16.9 Å². The number of aromatic nitrogens is 1. The van der Waals surface area contributed by atoms with Crippen LogP contribution in [0, 0.1) is 5.82 Å². The molecule has 0 aliphatic rings. The molecule has 18 heavy (non-hydrogen) atoms. The molecule has 3 N–H and O–H groups in total. The van der Waals surface area contributed by atoms with Crippen molar-refractivity contribution in [2.45, 2.75) is 0 Å². The minimum absolute atomic E-state index is 0.00347. The molecular formula is C10H9FN2O4S. The van der Waals surface area contributed by atoms with Crippen LogP contribution in [0.1, 0.15) is 10.5 Å². The van der Waals surface area contributed by atoms with E-state index in [1.54, 1.807) is 0 Å². The van der Waals surface area contributed by atoms with Gasteiger partial charge in [0.1, 0.15) is 11.5 Å².